The number of amides is 1. The lowest BCUT2D eigenvalue weighted by molar-refractivity contribution is -0.127. The van der Waals surface area contributed by atoms with Gasteiger partial charge in [0, 0.05) is 22.5 Å². The van der Waals surface area contributed by atoms with Gasteiger partial charge in [-0.1, -0.05) is 28.4 Å². The molecule has 1 N–H and O–H groups in total. The monoisotopic (exact) mass is 285 g/mol. The Balaban J connectivity index is 1.91. The number of carbonyl (C=O) groups excluding carboxylic acids is 1. The normalized spacial score (nSPS) is 15.6. The maximum Gasteiger partial charge on any atom is 0.223 e. The van der Waals surface area contributed by atoms with Gasteiger partial charge in [0.15, 0.2) is 0 Å². The van der Waals surface area contributed by atoms with E-state index in [2.05, 4.69) is 21.2 Å². The quantitative estimate of drug-likeness (QED) is 0.909. The van der Waals surface area contributed by atoms with Crippen LogP contribution < -0.4 is 5.32 Å². The first-order chi connectivity index (χ1) is 7.66. The molecule has 0 spiro atoms. The van der Waals surface area contributed by atoms with Crippen LogP contribution in [0.4, 0.5) is 4.39 Å². The fourth-order valence-electron chi connectivity index (χ4n) is 1.66. The molecule has 0 heterocycles. The van der Waals surface area contributed by atoms with Crippen LogP contribution in [-0.4, -0.2) is 5.91 Å². The van der Waals surface area contributed by atoms with E-state index < -0.39 is 0 Å². The highest BCUT2D eigenvalue weighted by molar-refractivity contribution is 9.10. The highest BCUT2D eigenvalue weighted by Crippen LogP contribution is 2.26. The molecule has 2 nitrogen and oxygen atoms in total. The lowest BCUT2D eigenvalue weighted by atomic mass is 9.85. The Morgan fingerprint density at radius 2 is 2.25 bits per heavy atom. The predicted molar refractivity (Wildman–Crippen MR) is 63.3 cm³/mol. The number of hydrogen-bond acceptors (Lipinski definition) is 1. The molecule has 1 saturated carbocycles. The molecule has 2 rings (SSSR count). The van der Waals surface area contributed by atoms with Crippen LogP contribution in [0.1, 0.15) is 24.8 Å². The van der Waals surface area contributed by atoms with Crippen molar-refractivity contribution in [2.24, 2.45) is 5.92 Å². The molecule has 1 aliphatic carbocycles. The zero-order valence-electron chi connectivity index (χ0n) is 8.80. The van der Waals surface area contributed by atoms with Gasteiger partial charge in [-0.3, -0.25) is 4.79 Å². The molecule has 1 aromatic carbocycles. The average molecular weight is 286 g/mol. The van der Waals surface area contributed by atoms with E-state index in [-0.39, 0.29) is 24.2 Å². The summed E-state index contributed by atoms with van der Waals surface area (Å²) >= 11 is 3.19. The molecular formula is C12H13BrFNO. The Morgan fingerprint density at radius 1 is 1.50 bits per heavy atom. The number of halogens is 2. The van der Waals surface area contributed by atoms with E-state index in [1.807, 2.05) is 0 Å². The maximum absolute atomic E-state index is 13.4. The molecule has 0 atom stereocenters. The summed E-state index contributed by atoms with van der Waals surface area (Å²) in [5.74, 6) is -0.0876. The minimum Gasteiger partial charge on any atom is -0.352 e. The van der Waals surface area contributed by atoms with Gasteiger partial charge in [0.25, 0.3) is 0 Å². The molecular weight excluding hydrogens is 273 g/mol. The molecule has 0 bridgehead atoms. The number of benzene rings is 1. The van der Waals surface area contributed by atoms with Gasteiger partial charge in [-0.05, 0) is 25.0 Å². The van der Waals surface area contributed by atoms with Crippen molar-refractivity contribution >= 4 is 21.8 Å². The van der Waals surface area contributed by atoms with Crippen LogP contribution >= 0.6 is 15.9 Å². The predicted octanol–water partition coefficient (Wildman–Crippen LogP) is 3.00. The highest BCUT2D eigenvalue weighted by atomic mass is 79.9. The van der Waals surface area contributed by atoms with E-state index in [4.69, 9.17) is 0 Å². The van der Waals surface area contributed by atoms with Crippen molar-refractivity contribution in [3.05, 3.63) is 34.1 Å². The molecule has 4 heteroatoms. The van der Waals surface area contributed by atoms with Crippen LogP contribution in [0.15, 0.2) is 22.7 Å². The lowest BCUT2D eigenvalue weighted by Gasteiger charge is -2.24. The second-order valence-corrected chi connectivity index (χ2v) is 5.00. The third kappa shape index (κ3) is 2.61. The van der Waals surface area contributed by atoms with Crippen LogP contribution in [0.3, 0.4) is 0 Å². The molecule has 0 saturated heterocycles. The Labute approximate surface area is 102 Å². The summed E-state index contributed by atoms with van der Waals surface area (Å²) in [6.07, 6.45) is 3.06. The van der Waals surface area contributed by atoms with Gasteiger partial charge in [0.05, 0.1) is 0 Å². The van der Waals surface area contributed by atoms with Gasteiger partial charge in [-0.25, -0.2) is 4.39 Å². The van der Waals surface area contributed by atoms with Crippen LogP contribution in [0.2, 0.25) is 0 Å². The molecule has 0 aromatic heterocycles. The van der Waals surface area contributed by atoms with E-state index >= 15 is 0 Å². The highest BCUT2D eigenvalue weighted by Gasteiger charge is 2.24. The van der Waals surface area contributed by atoms with Gasteiger partial charge in [0.2, 0.25) is 5.91 Å². The van der Waals surface area contributed by atoms with Gasteiger partial charge in [-0.15, -0.1) is 0 Å². The van der Waals surface area contributed by atoms with Crippen molar-refractivity contribution in [3.63, 3.8) is 0 Å². The van der Waals surface area contributed by atoms with Crippen LogP contribution in [0.25, 0.3) is 0 Å². The minimum absolute atomic E-state index is 0.0496. The van der Waals surface area contributed by atoms with Crippen molar-refractivity contribution in [1.82, 2.24) is 5.32 Å². The first kappa shape index (κ1) is 11.6. The second kappa shape index (κ2) is 4.95. The van der Waals surface area contributed by atoms with E-state index in [9.17, 15) is 9.18 Å². The largest absolute Gasteiger partial charge is 0.352 e. The zero-order valence-corrected chi connectivity index (χ0v) is 10.4. The smallest absolute Gasteiger partial charge is 0.223 e. The molecule has 86 valence electrons. The summed E-state index contributed by atoms with van der Waals surface area (Å²) < 4.78 is 14.1. The number of carbonyl (C=O) groups is 1. The molecule has 1 aliphatic rings. The average Bonchev–Trinajstić information content (AvgIpc) is 2.13. The second-order valence-electron chi connectivity index (χ2n) is 4.08. The first-order valence-electron chi connectivity index (χ1n) is 5.38. The first-order valence-corrected chi connectivity index (χ1v) is 6.18. The Kier molecular flexibility index (Phi) is 3.59. The molecule has 1 fully saturated rings. The van der Waals surface area contributed by atoms with Gasteiger partial charge < -0.3 is 5.32 Å². The molecule has 1 amide bonds. The van der Waals surface area contributed by atoms with Crippen LogP contribution in [0.5, 0.6) is 0 Å². The Bertz CT molecular complexity index is 404. The van der Waals surface area contributed by atoms with Crippen molar-refractivity contribution in [2.75, 3.05) is 0 Å². The molecule has 16 heavy (non-hydrogen) atoms. The topological polar surface area (TPSA) is 29.1 Å². The molecule has 1 aromatic rings. The summed E-state index contributed by atoms with van der Waals surface area (Å²) in [6, 6.07) is 4.86. The van der Waals surface area contributed by atoms with E-state index in [0.29, 0.717) is 10.0 Å². The summed E-state index contributed by atoms with van der Waals surface area (Å²) in [7, 11) is 0. The third-order valence-corrected chi connectivity index (χ3v) is 3.44. The summed E-state index contributed by atoms with van der Waals surface area (Å²) in [4.78, 5) is 11.5. The fraction of sp³-hybridized carbons (Fsp3) is 0.417. The number of nitrogens with one attached hydrogen (secondary N) is 1. The molecule has 0 radical (unpaired) electrons. The summed E-state index contributed by atoms with van der Waals surface area (Å²) in [6.45, 7) is 0.272. The van der Waals surface area contributed by atoms with E-state index in [0.717, 1.165) is 19.3 Å². The van der Waals surface area contributed by atoms with Gasteiger partial charge in [0.1, 0.15) is 5.82 Å². The lowest BCUT2D eigenvalue weighted by Crippen LogP contribution is -2.34. The van der Waals surface area contributed by atoms with Crippen molar-refractivity contribution in [3.8, 4) is 0 Å². The maximum atomic E-state index is 13.4. The standard InChI is InChI=1S/C12H13BrFNO/c13-10-5-4-9(11(14)6-10)7-15-12(16)8-2-1-3-8/h4-6,8H,1-3,7H2,(H,15,16). The number of rotatable bonds is 3. The SMILES string of the molecule is O=C(NCc1ccc(Br)cc1F)C1CCC1. The van der Waals surface area contributed by atoms with Gasteiger partial charge in [-0.2, -0.15) is 0 Å². The Hall–Kier alpha value is -0.900. The zero-order chi connectivity index (χ0) is 11.5. The molecule has 0 aliphatic heterocycles. The molecule has 0 unspecified atom stereocenters. The summed E-state index contributed by atoms with van der Waals surface area (Å²) in [5, 5.41) is 2.77. The summed E-state index contributed by atoms with van der Waals surface area (Å²) in [5.41, 5.74) is 0.524. The fourth-order valence-corrected chi connectivity index (χ4v) is 2.00. The Morgan fingerprint density at radius 3 is 2.81 bits per heavy atom. The van der Waals surface area contributed by atoms with Crippen molar-refractivity contribution in [1.29, 1.82) is 0 Å². The van der Waals surface area contributed by atoms with Crippen molar-refractivity contribution in [2.45, 2.75) is 25.8 Å². The van der Waals surface area contributed by atoms with Crippen molar-refractivity contribution < 1.29 is 9.18 Å². The van der Waals surface area contributed by atoms with Crippen LogP contribution in [-0.2, 0) is 11.3 Å². The minimum atomic E-state index is -0.289. The van der Waals surface area contributed by atoms with E-state index in [1.54, 1.807) is 12.1 Å². The van der Waals surface area contributed by atoms with Gasteiger partial charge >= 0.3 is 0 Å². The third-order valence-electron chi connectivity index (χ3n) is 2.94. The van der Waals surface area contributed by atoms with E-state index in [1.165, 1.54) is 6.07 Å². The van der Waals surface area contributed by atoms with Crippen LogP contribution in [0, 0.1) is 11.7 Å². The number of hydrogen-bond donors (Lipinski definition) is 1.